The lowest BCUT2D eigenvalue weighted by Gasteiger charge is -2.08. The maximum atomic E-state index is 12.8. The van der Waals surface area contributed by atoms with Gasteiger partial charge in [0.25, 0.3) is 0 Å². The molecule has 2 atom stereocenters. The van der Waals surface area contributed by atoms with Crippen LogP contribution in [-0.4, -0.2) is 6.04 Å². The van der Waals surface area contributed by atoms with Gasteiger partial charge in [-0.15, -0.1) is 0 Å². The summed E-state index contributed by atoms with van der Waals surface area (Å²) in [5.41, 5.74) is 7.06. The van der Waals surface area contributed by atoms with Gasteiger partial charge < -0.3 is 5.73 Å². The van der Waals surface area contributed by atoms with Crippen molar-refractivity contribution < 1.29 is 4.39 Å². The highest BCUT2D eigenvalue weighted by atomic mass is 19.1. The highest BCUT2D eigenvalue weighted by Gasteiger charge is 2.46. The summed E-state index contributed by atoms with van der Waals surface area (Å²) in [5, 5.41) is 0. The molecule has 70 valence electrons. The first-order valence-corrected chi connectivity index (χ1v) is 4.60. The molecule has 1 aromatic rings. The smallest absolute Gasteiger partial charge is 0.123 e. The van der Waals surface area contributed by atoms with Gasteiger partial charge in [-0.25, -0.2) is 4.39 Å². The largest absolute Gasteiger partial charge is 0.327 e. The molecule has 2 rings (SSSR count). The molecule has 0 saturated heterocycles. The molecule has 0 aliphatic heterocycles. The Balaban J connectivity index is 2.10. The van der Waals surface area contributed by atoms with Gasteiger partial charge in [0.15, 0.2) is 0 Å². The zero-order valence-corrected chi connectivity index (χ0v) is 7.76. The third-order valence-corrected chi connectivity index (χ3v) is 2.92. The average Bonchev–Trinajstić information content (AvgIpc) is 2.58. The fraction of sp³-hybridized carbons (Fsp3) is 0.455. The Morgan fingerprint density at radius 3 is 2.85 bits per heavy atom. The second kappa shape index (κ2) is 2.81. The first-order valence-electron chi connectivity index (χ1n) is 4.60. The maximum absolute atomic E-state index is 12.8. The Kier molecular flexibility index (Phi) is 1.88. The highest BCUT2D eigenvalue weighted by Crippen LogP contribution is 2.46. The van der Waals surface area contributed by atoms with Gasteiger partial charge in [0.1, 0.15) is 5.82 Å². The molecule has 1 saturated carbocycles. The van der Waals surface area contributed by atoms with Gasteiger partial charge in [0.2, 0.25) is 0 Å². The van der Waals surface area contributed by atoms with Crippen molar-refractivity contribution in [2.24, 2.45) is 11.1 Å². The lowest BCUT2D eigenvalue weighted by molar-refractivity contribution is 0.540. The summed E-state index contributed by atoms with van der Waals surface area (Å²) in [7, 11) is 0. The van der Waals surface area contributed by atoms with E-state index in [9.17, 15) is 4.39 Å². The third-order valence-electron chi connectivity index (χ3n) is 2.92. The monoisotopic (exact) mass is 179 g/mol. The number of benzene rings is 1. The normalized spacial score (nSPS) is 31.8. The maximum Gasteiger partial charge on any atom is 0.123 e. The van der Waals surface area contributed by atoms with E-state index in [1.165, 1.54) is 6.07 Å². The van der Waals surface area contributed by atoms with Crippen LogP contribution in [0.15, 0.2) is 24.3 Å². The summed E-state index contributed by atoms with van der Waals surface area (Å²) in [6.45, 7) is 2.16. The summed E-state index contributed by atoms with van der Waals surface area (Å²) in [5.74, 6) is -0.157. The van der Waals surface area contributed by atoms with E-state index in [4.69, 9.17) is 5.73 Å². The van der Waals surface area contributed by atoms with Crippen LogP contribution >= 0.6 is 0 Å². The Morgan fingerprint density at radius 1 is 1.62 bits per heavy atom. The average molecular weight is 179 g/mol. The van der Waals surface area contributed by atoms with Crippen LogP contribution in [0.5, 0.6) is 0 Å². The molecule has 2 heteroatoms. The van der Waals surface area contributed by atoms with Gasteiger partial charge in [-0.1, -0.05) is 19.1 Å². The van der Waals surface area contributed by atoms with Crippen molar-refractivity contribution in [3.8, 4) is 0 Å². The number of halogens is 1. The quantitative estimate of drug-likeness (QED) is 0.739. The Bertz CT molecular complexity index is 324. The SMILES string of the molecule is CC1(Cc2cccc(F)c2)CC1N. The van der Waals surface area contributed by atoms with Crippen LogP contribution in [-0.2, 0) is 6.42 Å². The van der Waals surface area contributed by atoms with Crippen molar-refractivity contribution in [1.29, 1.82) is 0 Å². The third kappa shape index (κ3) is 1.73. The molecular formula is C11H14FN. The molecule has 0 aromatic heterocycles. The lowest BCUT2D eigenvalue weighted by atomic mass is 9.98. The standard InChI is InChI=1S/C11H14FN/c1-11(7-10(11)13)6-8-3-2-4-9(12)5-8/h2-5,10H,6-7,13H2,1H3. The fourth-order valence-electron chi connectivity index (χ4n) is 1.76. The van der Waals surface area contributed by atoms with Crippen LogP contribution < -0.4 is 5.73 Å². The Hall–Kier alpha value is -0.890. The summed E-state index contributed by atoms with van der Waals surface area (Å²) in [6.07, 6.45) is 1.95. The molecule has 2 unspecified atom stereocenters. The number of hydrogen-bond donors (Lipinski definition) is 1. The van der Waals surface area contributed by atoms with Crippen LogP contribution in [0.3, 0.4) is 0 Å². The number of rotatable bonds is 2. The van der Waals surface area contributed by atoms with Crippen LogP contribution in [0, 0.1) is 11.2 Å². The molecule has 0 bridgehead atoms. The van der Waals surface area contributed by atoms with Gasteiger partial charge >= 0.3 is 0 Å². The van der Waals surface area contributed by atoms with Crippen molar-refractivity contribution in [3.05, 3.63) is 35.6 Å². The van der Waals surface area contributed by atoms with E-state index in [0.717, 1.165) is 18.4 Å². The van der Waals surface area contributed by atoms with E-state index in [0.29, 0.717) is 6.04 Å². The first kappa shape index (κ1) is 8.70. The molecule has 0 radical (unpaired) electrons. The molecule has 1 nitrogen and oxygen atoms in total. The zero-order valence-electron chi connectivity index (χ0n) is 7.76. The molecule has 0 spiro atoms. The van der Waals surface area contributed by atoms with E-state index in [1.54, 1.807) is 12.1 Å². The fourth-order valence-corrected chi connectivity index (χ4v) is 1.76. The van der Waals surface area contributed by atoms with Gasteiger partial charge in [0, 0.05) is 6.04 Å². The molecule has 1 aliphatic rings. The van der Waals surface area contributed by atoms with Gasteiger partial charge in [-0.3, -0.25) is 0 Å². The van der Waals surface area contributed by atoms with Gasteiger partial charge in [-0.05, 0) is 36.0 Å². The molecule has 0 heterocycles. The molecule has 1 aliphatic carbocycles. The second-order valence-electron chi connectivity index (χ2n) is 4.27. The topological polar surface area (TPSA) is 26.0 Å². The number of hydrogen-bond acceptors (Lipinski definition) is 1. The zero-order chi connectivity index (χ0) is 9.47. The van der Waals surface area contributed by atoms with E-state index in [1.807, 2.05) is 6.07 Å². The van der Waals surface area contributed by atoms with Crippen LogP contribution in [0.2, 0.25) is 0 Å². The van der Waals surface area contributed by atoms with Crippen LogP contribution in [0.1, 0.15) is 18.9 Å². The van der Waals surface area contributed by atoms with Crippen LogP contribution in [0.4, 0.5) is 4.39 Å². The molecule has 2 N–H and O–H groups in total. The summed E-state index contributed by atoms with van der Waals surface area (Å²) >= 11 is 0. The Labute approximate surface area is 77.8 Å². The first-order chi connectivity index (χ1) is 6.10. The van der Waals surface area contributed by atoms with E-state index in [-0.39, 0.29) is 11.2 Å². The minimum absolute atomic E-state index is 0.157. The van der Waals surface area contributed by atoms with Crippen molar-refractivity contribution in [2.75, 3.05) is 0 Å². The van der Waals surface area contributed by atoms with Crippen molar-refractivity contribution in [2.45, 2.75) is 25.8 Å². The van der Waals surface area contributed by atoms with E-state index >= 15 is 0 Å². The summed E-state index contributed by atoms with van der Waals surface area (Å²) < 4.78 is 12.8. The molecule has 1 aromatic carbocycles. The van der Waals surface area contributed by atoms with E-state index < -0.39 is 0 Å². The number of nitrogens with two attached hydrogens (primary N) is 1. The summed E-state index contributed by atoms with van der Waals surface area (Å²) in [4.78, 5) is 0. The van der Waals surface area contributed by atoms with Gasteiger partial charge in [-0.2, -0.15) is 0 Å². The molecule has 0 amide bonds. The minimum atomic E-state index is -0.157. The van der Waals surface area contributed by atoms with Gasteiger partial charge in [0.05, 0.1) is 0 Å². The van der Waals surface area contributed by atoms with E-state index in [2.05, 4.69) is 6.92 Å². The van der Waals surface area contributed by atoms with Crippen molar-refractivity contribution >= 4 is 0 Å². The Morgan fingerprint density at radius 2 is 2.31 bits per heavy atom. The summed E-state index contributed by atoms with van der Waals surface area (Å²) in [6, 6.07) is 7.08. The van der Waals surface area contributed by atoms with Crippen LogP contribution in [0.25, 0.3) is 0 Å². The molecule has 1 fully saturated rings. The molecule has 13 heavy (non-hydrogen) atoms. The highest BCUT2D eigenvalue weighted by molar-refractivity contribution is 5.21. The van der Waals surface area contributed by atoms with Crippen molar-refractivity contribution in [1.82, 2.24) is 0 Å². The lowest BCUT2D eigenvalue weighted by Crippen LogP contribution is -2.13. The van der Waals surface area contributed by atoms with Crippen molar-refractivity contribution in [3.63, 3.8) is 0 Å². The predicted octanol–water partition coefficient (Wildman–Crippen LogP) is 2.11. The minimum Gasteiger partial charge on any atom is -0.327 e. The molecular weight excluding hydrogens is 165 g/mol. The predicted molar refractivity (Wildman–Crippen MR) is 50.8 cm³/mol. The second-order valence-corrected chi connectivity index (χ2v) is 4.27.